The Morgan fingerprint density at radius 1 is 1.24 bits per heavy atom. The Labute approximate surface area is 170 Å². The van der Waals surface area contributed by atoms with E-state index < -0.39 is 6.61 Å². The van der Waals surface area contributed by atoms with Crippen LogP contribution in [0, 0.1) is 13.8 Å². The molecule has 7 nitrogen and oxygen atoms in total. The van der Waals surface area contributed by atoms with Gasteiger partial charge in [-0.15, -0.1) is 11.3 Å². The summed E-state index contributed by atoms with van der Waals surface area (Å²) in [7, 11) is 0. The number of hydrogen-bond acceptors (Lipinski definition) is 7. The van der Waals surface area contributed by atoms with E-state index in [4.69, 9.17) is 0 Å². The molecule has 3 aromatic rings. The van der Waals surface area contributed by atoms with E-state index in [1.807, 2.05) is 13.8 Å². The van der Waals surface area contributed by atoms with E-state index in [0.717, 1.165) is 47.3 Å². The van der Waals surface area contributed by atoms with Gasteiger partial charge in [0.2, 0.25) is 0 Å². The van der Waals surface area contributed by atoms with Gasteiger partial charge in [0.1, 0.15) is 22.2 Å². The van der Waals surface area contributed by atoms with Gasteiger partial charge in [-0.3, -0.25) is 9.69 Å². The summed E-state index contributed by atoms with van der Waals surface area (Å²) < 4.78 is 28.8. The Morgan fingerprint density at radius 2 is 2.00 bits per heavy atom. The smallest absolute Gasteiger partial charge is 0.387 e. The zero-order valence-electron chi connectivity index (χ0n) is 16.1. The van der Waals surface area contributed by atoms with Gasteiger partial charge in [0.15, 0.2) is 0 Å². The molecule has 4 heterocycles. The minimum absolute atomic E-state index is 0.0480. The summed E-state index contributed by atoms with van der Waals surface area (Å²) in [4.78, 5) is 30.4. The molecule has 0 unspecified atom stereocenters. The van der Waals surface area contributed by atoms with Crippen LogP contribution in [0.15, 0.2) is 23.1 Å². The number of nitrogens with zero attached hydrogens (tertiary/aromatic N) is 4. The van der Waals surface area contributed by atoms with Crippen molar-refractivity contribution in [3.63, 3.8) is 0 Å². The molecule has 0 amide bonds. The lowest BCUT2D eigenvalue weighted by molar-refractivity contribution is -0.0500. The largest absolute Gasteiger partial charge is 0.433 e. The van der Waals surface area contributed by atoms with Crippen molar-refractivity contribution in [2.45, 2.75) is 27.0 Å². The number of fused-ring (bicyclic) bond motifs is 1. The zero-order chi connectivity index (χ0) is 20.5. The number of thiophene rings is 1. The molecule has 0 aliphatic carbocycles. The fourth-order valence-electron chi connectivity index (χ4n) is 3.45. The van der Waals surface area contributed by atoms with Gasteiger partial charge in [-0.25, -0.2) is 9.97 Å². The van der Waals surface area contributed by atoms with Gasteiger partial charge in [0.25, 0.3) is 5.56 Å². The van der Waals surface area contributed by atoms with Gasteiger partial charge >= 0.3 is 6.61 Å². The zero-order valence-corrected chi connectivity index (χ0v) is 16.9. The Balaban J connectivity index is 1.39. The lowest BCUT2D eigenvalue weighted by atomic mass is 10.2. The van der Waals surface area contributed by atoms with Crippen LogP contribution in [0.1, 0.15) is 16.3 Å². The highest BCUT2D eigenvalue weighted by Gasteiger charge is 2.20. The van der Waals surface area contributed by atoms with Gasteiger partial charge in [0, 0.05) is 31.1 Å². The van der Waals surface area contributed by atoms with Gasteiger partial charge < -0.3 is 14.6 Å². The van der Waals surface area contributed by atoms with Crippen LogP contribution in [-0.2, 0) is 6.54 Å². The average Bonchev–Trinajstić information content (AvgIpc) is 2.97. The highest BCUT2D eigenvalue weighted by molar-refractivity contribution is 7.18. The molecule has 29 heavy (non-hydrogen) atoms. The number of piperazine rings is 1. The van der Waals surface area contributed by atoms with E-state index in [0.29, 0.717) is 17.8 Å². The molecule has 0 saturated carbocycles. The number of anilines is 1. The second-order valence-electron chi connectivity index (χ2n) is 6.97. The second-order valence-corrected chi connectivity index (χ2v) is 8.17. The molecule has 0 bridgehead atoms. The highest BCUT2D eigenvalue weighted by atomic mass is 32.1. The minimum Gasteiger partial charge on any atom is -0.433 e. The van der Waals surface area contributed by atoms with Crippen molar-refractivity contribution >= 4 is 27.4 Å². The summed E-state index contributed by atoms with van der Waals surface area (Å²) in [5.41, 5.74) is 0.914. The summed E-state index contributed by atoms with van der Waals surface area (Å²) in [6.45, 7) is 4.71. The van der Waals surface area contributed by atoms with Crippen LogP contribution in [-0.4, -0.2) is 52.6 Å². The molecule has 10 heteroatoms. The number of halogens is 2. The third-order valence-electron chi connectivity index (χ3n) is 5.10. The van der Waals surface area contributed by atoms with E-state index in [1.165, 1.54) is 12.3 Å². The standard InChI is InChI=1S/C19H21F2N5O2S/c1-11-12(2)29-18-16(11)17(27)23-14(24-18)10-25-5-7-26(8-6-25)15-4-3-13(9-22-15)28-19(20)21/h3-4,9,19H,5-8,10H2,1-2H3,(H,23,24,27). The third kappa shape index (κ3) is 4.23. The first-order chi connectivity index (χ1) is 13.9. The van der Waals surface area contributed by atoms with Crippen molar-refractivity contribution in [3.05, 3.63) is 44.9 Å². The fraction of sp³-hybridized carbons (Fsp3) is 0.421. The lowest BCUT2D eigenvalue weighted by Gasteiger charge is -2.35. The van der Waals surface area contributed by atoms with E-state index >= 15 is 0 Å². The third-order valence-corrected chi connectivity index (χ3v) is 6.20. The van der Waals surface area contributed by atoms with Crippen LogP contribution in [0.4, 0.5) is 14.6 Å². The van der Waals surface area contributed by atoms with Gasteiger partial charge in [-0.2, -0.15) is 8.78 Å². The van der Waals surface area contributed by atoms with Crippen LogP contribution < -0.4 is 15.2 Å². The fourth-order valence-corrected chi connectivity index (χ4v) is 4.50. The SMILES string of the molecule is Cc1sc2nc(CN3CCN(c4ccc(OC(F)F)cn4)CC3)[nH]c(=O)c2c1C. The number of alkyl halides is 2. The predicted molar refractivity (Wildman–Crippen MR) is 108 cm³/mol. The molecule has 1 aliphatic rings. The first-order valence-corrected chi connectivity index (χ1v) is 10.1. The molecule has 0 aromatic carbocycles. The molecule has 3 aromatic heterocycles. The number of ether oxygens (including phenoxy) is 1. The number of rotatable bonds is 5. The maximum Gasteiger partial charge on any atom is 0.387 e. The van der Waals surface area contributed by atoms with Crippen LogP contribution in [0.5, 0.6) is 5.75 Å². The Morgan fingerprint density at radius 3 is 2.66 bits per heavy atom. The first-order valence-electron chi connectivity index (χ1n) is 9.28. The van der Waals surface area contributed by atoms with E-state index in [2.05, 4.69) is 29.5 Å². The minimum atomic E-state index is -2.85. The normalized spacial score (nSPS) is 15.4. The van der Waals surface area contributed by atoms with Crippen molar-refractivity contribution in [1.82, 2.24) is 19.9 Å². The average molecular weight is 421 g/mol. The monoisotopic (exact) mass is 421 g/mol. The molecule has 0 radical (unpaired) electrons. The van der Waals surface area contributed by atoms with Gasteiger partial charge in [0.05, 0.1) is 18.1 Å². The lowest BCUT2D eigenvalue weighted by Crippen LogP contribution is -2.46. The molecule has 4 rings (SSSR count). The van der Waals surface area contributed by atoms with Crippen molar-refractivity contribution in [3.8, 4) is 5.75 Å². The Kier molecular flexibility index (Phi) is 5.46. The highest BCUT2D eigenvalue weighted by Crippen LogP contribution is 2.26. The number of pyridine rings is 1. The number of aryl methyl sites for hydroxylation is 2. The maximum atomic E-state index is 12.4. The summed E-state index contributed by atoms with van der Waals surface area (Å²) in [6.07, 6.45) is 1.31. The maximum absolute atomic E-state index is 12.4. The van der Waals surface area contributed by atoms with Crippen molar-refractivity contribution in [2.24, 2.45) is 0 Å². The van der Waals surface area contributed by atoms with Crippen LogP contribution in [0.3, 0.4) is 0 Å². The summed E-state index contributed by atoms with van der Waals surface area (Å²) >= 11 is 1.55. The second kappa shape index (κ2) is 8.03. The molecule has 1 N–H and O–H groups in total. The van der Waals surface area contributed by atoms with E-state index in [-0.39, 0.29) is 11.3 Å². The van der Waals surface area contributed by atoms with Crippen molar-refractivity contribution in [2.75, 3.05) is 31.1 Å². The molecule has 1 fully saturated rings. The molecule has 1 saturated heterocycles. The molecular weight excluding hydrogens is 400 g/mol. The summed E-state index contributed by atoms with van der Waals surface area (Å²) in [5, 5.41) is 0.686. The number of aromatic amines is 1. The van der Waals surface area contributed by atoms with Crippen LogP contribution in [0.25, 0.3) is 10.2 Å². The molecular formula is C19H21F2N5O2S. The topological polar surface area (TPSA) is 74.4 Å². The predicted octanol–water partition coefficient (Wildman–Crippen LogP) is 2.92. The number of hydrogen-bond donors (Lipinski definition) is 1. The first kappa shape index (κ1) is 19.7. The Hall–Kier alpha value is -2.59. The van der Waals surface area contributed by atoms with Gasteiger partial charge in [-0.05, 0) is 31.5 Å². The van der Waals surface area contributed by atoms with Gasteiger partial charge in [-0.1, -0.05) is 0 Å². The molecule has 154 valence electrons. The number of nitrogens with one attached hydrogen (secondary N) is 1. The van der Waals surface area contributed by atoms with Crippen LogP contribution in [0.2, 0.25) is 0 Å². The van der Waals surface area contributed by atoms with Crippen LogP contribution >= 0.6 is 11.3 Å². The quantitative estimate of drug-likeness (QED) is 0.683. The van der Waals surface area contributed by atoms with E-state index in [9.17, 15) is 13.6 Å². The Bertz CT molecular complexity index is 1060. The van der Waals surface area contributed by atoms with Crippen molar-refractivity contribution < 1.29 is 13.5 Å². The molecule has 1 aliphatic heterocycles. The number of H-pyrrole nitrogens is 1. The molecule has 0 spiro atoms. The summed E-state index contributed by atoms with van der Waals surface area (Å²) in [5.74, 6) is 1.44. The van der Waals surface area contributed by atoms with Crippen molar-refractivity contribution in [1.29, 1.82) is 0 Å². The molecule has 0 atom stereocenters. The van der Waals surface area contributed by atoms with E-state index in [1.54, 1.807) is 17.4 Å². The number of aromatic nitrogens is 3. The summed E-state index contributed by atoms with van der Waals surface area (Å²) in [6, 6.07) is 3.18.